The first-order valence-electron chi connectivity index (χ1n) is 11.5. The van der Waals surface area contributed by atoms with E-state index in [0.29, 0.717) is 32.2 Å². The zero-order valence-electron chi connectivity index (χ0n) is 18.9. The number of nitrogens with one attached hydrogen (secondary N) is 1. The maximum atomic E-state index is 13.7. The summed E-state index contributed by atoms with van der Waals surface area (Å²) < 4.78 is 11.6. The molecule has 0 aliphatic carbocycles. The van der Waals surface area contributed by atoms with Gasteiger partial charge in [0.15, 0.2) is 0 Å². The van der Waals surface area contributed by atoms with Crippen molar-refractivity contribution in [2.45, 2.75) is 64.2 Å². The highest BCUT2D eigenvalue weighted by Gasteiger charge is 2.74. The van der Waals surface area contributed by atoms with E-state index in [1.807, 2.05) is 32.0 Å². The summed E-state index contributed by atoms with van der Waals surface area (Å²) >= 11 is 0. The number of unbranched alkanes of at least 4 members (excludes halogenated alkanes) is 1. The number of likely N-dealkylation sites (tertiary alicyclic amines) is 1. The third-order valence-electron chi connectivity index (χ3n) is 7.14. The minimum atomic E-state index is -1.03. The second kappa shape index (κ2) is 8.83. The molecule has 0 saturated carbocycles. The molecule has 1 spiro atoms. The molecule has 3 heterocycles. The maximum Gasteiger partial charge on any atom is 0.312 e. The molecule has 3 aliphatic rings. The van der Waals surface area contributed by atoms with Gasteiger partial charge in [0.1, 0.15) is 11.6 Å². The molecule has 0 aromatic heterocycles. The van der Waals surface area contributed by atoms with E-state index in [1.165, 1.54) is 0 Å². The largest absolute Gasteiger partial charge is 0.466 e. The molecule has 1 aromatic rings. The van der Waals surface area contributed by atoms with Crippen molar-refractivity contribution in [1.29, 1.82) is 0 Å². The van der Waals surface area contributed by atoms with E-state index >= 15 is 0 Å². The Hall–Kier alpha value is -2.45. The fourth-order valence-corrected chi connectivity index (χ4v) is 5.80. The molecule has 0 radical (unpaired) electrons. The Kier molecular flexibility index (Phi) is 6.27. The summed E-state index contributed by atoms with van der Waals surface area (Å²) in [6, 6.07) is 4.96. The second-order valence-electron chi connectivity index (χ2n) is 9.03. The van der Waals surface area contributed by atoms with Crippen LogP contribution in [-0.2, 0) is 23.9 Å². The fourth-order valence-electron chi connectivity index (χ4n) is 5.80. The number of hydrogen-bond donors (Lipinski definition) is 2. The van der Waals surface area contributed by atoms with Crippen LogP contribution in [0.5, 0.6) is 0 Å². The van der Waals surface area contributed by atoms with Gasteiger partial charge in [0.2, 0.25) is 11.8 Å². The Morgan fingerprint density at radius 3 is 2.66 bits per heavy atom. The highest BCUT2D eigenvalue weighted by atomic mass is 16.6. The third kappa shape index (κ3) is 3.49. The van der Waals surface area contributed by atoms with E-state index in [2.05, 4.69) is 5.32 Å². The van der Waals surface area contributed by atoms with E-state index in [1.54, 1.807) is 11.8 Å². The molecule has 2 unspecified atom stereocenters. The molecule has 32 heavy (non-hydrogen) atoms. The number of aryl methyl sites for hydroxylation is 2. The minimum absolute atomic E-state index is 0.0138. The number of fused-ring (bicyclic) bond motifs is 1. The SMILES string of the molecule is CCOC(=O)[C@@H]1[C@H]2C(=O)N(CCCCO)C(C(=O)Nc3c(C)cccc3C)C23CC[C@H]1O3. The number of aliphatic hydroxyl groups excluding tert-OH is 1. The van der Waals surface area contributed by atoms with Gasteiger partial charge < -0.3 is 24.8 Å². The monoisotopic (exact) mass is 444 g/mol. The summed E-state index contributed by atoms with van der Waals surface area (Å²) in [7, 11) is 0. The molecular weight excluding hydrogens is 412 g/mol. The summed E-state index contributed by atoms with van der Waals surface area (Å²) in [5, 5.41) is 12.2. The molecule has 8 heteroatoms. The quantitative estimate of drug-likeness (QED) is 0.469. The van der Waals surface area contributed by atoms with Crippen LogP contribution in [0.1, 0.15) is 43.7 Å². The lowest BCUT2D eigenvalue weighted by molar-refractivity contribution is -0.154. The predicted octanol–water partition coefficient (Wildman–Crippen LogP) is 1.95. The highest BCUT2D eigenvalue weighted by molar-refractivity contribution is 6.03. The van der Waals surface area contributed by atoms with Crippen LogP contribution in [-0.4, -0.2) is 65.3 Å². The number of ether oxygens (including phenoxy) is 2. The van der Waals surface area contributed by atoms with Crippen molar-refractivity contribution in [3.05, 3.63) is 29.3 Å². The first-order chi connectivity index (χ1) is 15.4. The number of benzene rings is 1. The molecular formula is C24H32N2O6. The molecule has 5 atom stereocenters. The average Bonchev–Trinajstić information content (AvgIpc) is 3.39. The Morgan fingerprint density at radius 1 is 1.28 bits per heavy atom. The summed E-state index contributed by atoms with van der Waals surface area (Å²) in [5.41, 5.74) is 1.57. The van der Waals surface area contributed by atoms with Crippen LogP contribution in [0.25, 0.3) is 0 Å². The lowest BCUT2D eigenvalue weighted by atomic mass is 9.70. The maximum absolute atomic E-state index is 13.7. The topological polar surface area (TPSA) is 105 Å². The summed E-state index contributed by atoms with van der Waals surface area (Å²) in [6.07, 6.45) is 1.84. The van der Waals surface area contributed by atoms with E-state index in [9.17, 15) is 19.5 Å². The predicted molar refractivity (Wildman–Crippen MR) is 117 cm³/mol. The molecule has 4 rings (SSSR count). The average molecular weight is 445 g/mol. The second-order valence-corrected chi connectivity index (χ2v) is 9.03. The van der Waals surface area contributed by atoms with Gasteiger partial charge in [-0.15, -0.1) is 0 Å². The smallest absolute Gasteiger partial charge is 0.312 e. The number of anilines is 1. The Balaban J connectivity index is 1.69. The van der Waals surface area contributed by atoms with Gasteiger partial charge in [-0.2, -0.15) is 0 Å². The zero-order chi connectivity index (χ0) is 23.0. The lowest BCUT2D eigenvalue weighted by Gasteiger charge is -2.33. The van der Waals surface area contributed by atoms with Crippen LogP contribution < -0.4 is 5.32 Å². The summed E-state index contributed by atoms with van der Waals surface area (Å²) in [6.45, 7) is 6.16. The first-order valence-corrected chi connectivity index (χ1v) is 11.5. The Bertz CT molecular complexity index is 898. The van der Waals surface area contributed by atoms with Gasteiger partial charge >= 0.3 is 5.97 Å². The van der Waals surface area contributed by atoms with Crippen molar-refractivity contribution in [3.8, 4) is 0 Å². The number of hydrogen-bond acceptors (Lipinski definition) is 6. The van der Waals surface area contributed by atoms with Crippen molar-refractivity contribution in [2.24, 2.45) is 11.8 Å². The molecule has 8 nitrogen and oxygen atoms in total. The van der Waals surface area contributed by atoms with Crippen molar-refractivity contribution in [3.63, 3.8) is 0 Å². The highest BCUT2D eigenvalue weighted by Crippen LogP contribution is 2.58. The molecule has 174 valence electrons. The third-order valence-corrected chi connectivity index (χ3v) is 7.14. The van der Waals surface area contributed by atoms with Gasteiger partial charge in [0.05, 0.1) is 24.5 Å². The number of nitrogens with zero attached hydrogens (tertiary/aromatic N) is 1. The number of carbonyl (C=O) groups excluding carboxylic acids is 3. The number of esters is 1. The molecule has 2 N–H and O–H groups in total. The normalized spacial score (nSPS) is 30.5. The lowest BCUT2D eigenvalue weighted by Crippen LogP contribution is -2.53. The van der Waals surface area contributed by atoms with Crippen LogP contribution in [0.15, 0.2) is 18.2 Å². The minimum Gasteiger partial charge on any atom is -0.466 e. The molecule has 3 saturated heterocycles. The number of aliphatic hydroxyl groups is 1. The zero-order valence-corrected chi connectivity index (χ0v) is 18.9. The van der Waals surface area contributed by atoms with Crippen molar-refractivity contribution >= 4 is 23.5 Å². The van der Waals surface area contributed by atoms with Crippen molar-refractivity contribution < 1.29 is 29.0 Å². The Labute approximate surface area is 188 Å². The van der Waals surface area contributed by atoms with Gasteiger partial charge in [0, 0.05) is 18.8 Å². The molecule has 2 bridgehead atoms. The standard InChI is InChI=1S/C24H32N2O6/c1-4-31-23(30)17-16-10-11-24(32-16)18(17)22(29)26(12-5-6-13-27)20(24)21(28)25-19-14(2)8-7-9-15(19)3/h7-9,16-18,20,27H,4-6,10-13H2,1-3H3,(H,25,28)/t16-,17+,18+,20?,24?/m1/s1. The summed E-state index contributed by atoms with van der Waals surface area (Å²) in [5.74, 6) is -2.36. The van der Waals surface area contributed by atoms with E-state index in [-0.39, 0.29) is 25.0 Å². The van der Waals surface area contributed by atoms with Crippen molar-refractivity contribution in [2.75, 3.05) is 25.1 Å². The fraction of sp³-hybridized carbons (Fsp3) is 0.625. The molecule has 2 amide bonds. The number of rotatable bonds is 8. The van der Waals surface area contributed by atoms with Crippen LogP contribution in [0.3, 0.4) is 0 Å². The number of carbonyl (C=O) groups is 3. The molecule has 3 aliphatic heterocycles. The number of amides is 2. The van der Waals surface area contributed by atoms with E-state index in [4.69, 9.17) is 9.47 Å². The van der Waals surface area contributed by atoms with Crippen LogP contribution >= 0.6 is 0 Å². The van der Waals surface area contributed by atoms with Gasteiger partial charge in [-0.05, 0) is 57.6 Å². The molecule has 3 fully saturated rings. The van der Waals surface area contributed by atoms with E-state index < -0.39 is 35.6 Å². The van der Waals surface area contributed by atoms with Gasteiger partial charge in [-0.1, -0.05) is 18.2 Å². The Morgan fingerprint density at radius 2 is 2.00 bits per heavy atom. The first kappa shape index (κ1) is 22.7. The molecule has 1 aromatic carbocycles. The van der Waals surface area contributed by atoms with Crippen molar-refractivity contribution in [1.82, 2.24) is 4.90 Å². The summed E-state index contributed by atoms with van der Waals surface area (Å²) in [4.78, 5) is 41.6. The van der Waals surface area contributed by atoms with E-state index in [0.717, 1.165) is 16.8 Å². The number of para-hydroxylation sites is 1. The van der Waals surface area contributed by atoms with Crippen LogP contribution in [0.4, 0.5) is 5.69 Å². The van der Waals surface area contributed by atoms with Gasteiger partial charge in [-0.3, -0.25) is 14.4 Å². The van der Waals surface area contributed by atoms with Gasteiger partial charge in [0.25, 0.3) is 0 Å². The van der Waals surface area contributed by atoms with Gasteiger partial charge in [-0.25, -0.2) is 0 Å². The van der Waals surface area contributed by atoms with Crippen LogP contribution in [0, 0.1) is 25.7 Å². The van der Waals surface area contributed by atoms with Crippen LogP contribution in [0.2, 0.25) is 0 Å².